The molecule has 0 saturated heterocycles. The maximum Gasteiger partial charge on any atom is -0.0133 e. The Kier molecular flexibility index (Phi) is 5.90. The summed E-state index contributed by atoms with van der Waals surface area (Å²) in [6.07, 6.45) is 5.95. The van der Waals surface area contributed by atoms with Crippen LogP contribution in [0.3, 0.4) is 0 Å². The van der Waals surface area contributed by atoms with E-state index in [1.165, 1.54) is 25.7 Å². The van der Waals surface area contributed by atoms with Gasteiger partial charge in [-0.25, -0.2) is 0 Å². The van der Waals surface area contributed by atoms with Crippen LogP contribution in [0.25, 0.3) is 0 Å². The molecule has 0 atom stereocenters. The molecule has 0 radical (unpaired) electrons. The molecule has 1 fully saturated rings. The van der Waals surface area contributed by atoms with Crippen LogP contribution in [0.5, 0.6) is 0 Å². The summed E-state index contributed by atoms with van der Waals surface area (Å²) in [4.78, 5) is 1.00. The summed E-state index contributed by atoms with van der Waals surface area (Å²) in [6.45, 7) is 6.14. The molecule has 0 aromatic rings. The molecule has 0 aromatic heterocycles. The summed E-state index contributed by atoms with van der Waals surface area (Å²) in [5, 5.41) is 0. The van der Waals surface area contributed by atoms with Crippen molar-refractivity contribution in [3.63, 3.8) is 0 Å². The van der Waals surface area contributed by atoms with Crippen LogP contribution in [0.2, 0.25) is 0 Å². The Morgan fingerprint density at radius 2 is 1.50 bits per heavy atom. The van der Waals surface area contributed by atoms with Crippen LogP contribution in [0, 0.1) is 5.92 Å². The van der Waals surface area contributed by atoms with Crippen molar-refractivity contribution < 1.29 is 0 Å². The van der Waals surface area contributed by atoms with Gasteiger partial charge in [0.25, 0.3) is 0 Å². The maximum atomic E-state index is 4.54. The minimum absolute atomic E-state index is 1.00. The molecular formula is C9H18S. The average molecular weight is 158 g/mol. The zero-order chi connectivity index (χ0) is 7.98. The topological polar surface area (TPSA) is 0 Å². The van der Waals surface area contributed by atoms with E-state index in [2.05, 4.69) is 19.1 Å². The van der Waals surface area contributed by atoms with Crippen molar-refractivity contribution in [2.24, 2.45) is 5.92 Å². The predicted molar refractivity (Wildman–Crippen MR) is 51.6 cm³/mol. The molecule has 1 aliphatic carbocycles. The highest BCUT2D eigenvalue weighted by Crippen LogP contribution is 2.22. The monoisotopic (exact) mass is 158 g/mol. The Hall–Kier alpha value is 0.0900. The van der Waals surface area contributed by atoms with Crippen LogP contribution in [0.4, 0.5) is 0 Å². The molecule has 10 heavy (non-hydrogen) atoms. The molecule has 60 valence electrons. The van der Waals surface area contributed by atoms with E-state index in [1.807, 2.05) is 13.8 Å². The first-order valence-corrected chi connectivity index (χ1v) is 4.51. The first kappa shape index (κ1) is 10.1. The van der Waals surface area contributed by atoms with Crippen molar-refractivity contribution in [1.82, 2.24) is 0 Å². The van der Waals surface area contributed by atoms with Gasteiger partial charge in [0, 0.05) is 0 Å². The minimum atomic E-state index is 1.00. The lowest BCUT2D eigenvalue weighted by Gasteiger charge is -1.91. The van der Waals surface area contributed by atoms with Crippen LogP contribution in [0.15, 0.2) is 0 Å². The second kappa shape index (κ2) is 5.84. The first-order valence-electron chi connectivity index (χ1n) is 4.10. The molecule has 0 aromatic carbocycles. The molecule has 1 rings (SSSR count). The van der Waals surface area contributed by atoms with E-state index >= 15 is 0 Å². The van der Waals surface area contributed by atoms with Gasteiger partial charge in [-0.2, -0.15) is 0 Å². The van der Waals surface area contributed by atoms with Gasteiger partial charge in [0.1, 0.15) is 0 Å². The zero-order valence-electron chi connectivity index (χ0n) is 7.31. The number of rotatable bonds is 0. The summed E-state index contributed by atoms with van der Waals surface area (Å²) in [6, 6.07) is 0. The first-order chi connectivity index (χ1) is 4.63. The lowest BCUT2D eigenvalue weighted by Crippen LogP contribution is -1.78. The second-order valence-corrected chi connectivity index (χ2v) is 4.11. The lowest BCUT2D eigenvalue weighted by molar-refractivity contribution is 0.612. The molecule has 1 saturated carbocycles. The molecule has 0 heterocycles. The van der Waals surface area contributed by atoms with Gasteiger partial charge < -0.3 is 0 Å². The maximum absolute atomic E-state index is 4.54. The van der Waals surface area contributed by atoms with E-state index in [9.17, 15) is 0 Å². The third-order valence-electron chi connectivity index (χ3n) is 1.64. The average Bonchev–Trinajstić information content (AvgIpc) is 2.15. The van der Waals surface area contributed by atoms with Crippen LogP contribution in [-0.2, 0) is 0 Å². The Labute approximate surface area is 70.0 Å². The summed E-state index contributed by atoms with van der Waals surface area (Å²) in [7, 11) is 0. The Bertz CT molecular complexity index is 86.9. The second-order valence-electron chi connectivity index (χ2n) is 3.30. The van der Waals surface area contributed by atoms with Crippen molar-refractivity contribution in [3.05, 3.63) is 0 Å². The standard InChI is InChI=1S/C6H12.C3H6S/c1-6-4-2-3-5-6;1-3(2)4/h6H,2-5H2,1H3;1-2H3. The van der Waals surface area contributed by atoms with Crippen molar-refractivity contribution >= 4 is 17.1 Å². The number of hydrogen-bond acceptors (Lipinski definition) is 1. The van der Waals surface area contributed by atoms with Gasteiger partial charge in [-0.15, -0.1) is 0 Å². The van der Waals surface area contributed by atoms with Crippen molar-refractivity contribution in [2.45, 2.75) is 46.5 Å². The summed E-state index contributed by atoms with van der Waals surface area (Å²) in [5.74, 6) is 1.05. The van der Waals surface area contributed by atoms with Crippen LogP contribution >= 0.6 is 12.2 Å². The van der Waals surface area contributed by atoms with E-state index in [0.717, 1.165) is 10.8 Å². The largest absolute Gasteiger partial charge is 0.0903 e. The minimum Gasteiger partial charge on any atom is -0.0903 e. The van der Waals surface area contributed by atoms with Gasteiger partial charge in [0.2, 0.25) is 0 Å². The molecule has 1 heteroatoms. The zero-order valence-corrected chi connectivity index (χ0v) is 8.13. The molecule has 0 bridgehead atoms. The molecule has 0 nitrogen and oxygen atoms in total. The fraction of sp³-hybridized carbons (Fsp3) is 0.889. The van der Waals surface area contributed by atoms with Gasteiger partial charge in [0.15, 0.2) is 0 Å². The van der Waals surface area contributed by atoms with Gasteiger partial charge in [-0.3, -0.25) is 0 Å². The number of hydrogen-bond donors (Lipinski definition) is 0. The van der Waals surface area contributed by atoms with E-state index < -0.39 is 0 Å². The van der Waals surface area contributed by atoms with Gasteiger partial charge in [-0.05, 0) is 24.6 Å². The van der Waals surface area contributed by atoms with Gasteiger partial charge in [0.05, 0.1) is 0 Å². The van der Waals surface area contributed by atoms with Gasteiger partial charge in [-0.1, -0.05) is 44.8 Å². The smallest absolute Gasteiger partial charge is 0.0133 e. The fourth-order valence-electron chi connectivity index (χ4n) is 1.13. The van der Waals surface area contributed by atoms with E-state index in [4.69, 9.17) is 0 Å². The van der Waals surface area contributed by atoms with Crippen LogP contribution < -0.4 is 0 Å². The summed E-state index contributed by atoms with van der Waals surface area (Å²) in [5.41, 5.74) is 0. The Morgan fingerprint density at radius 1 is 1.20 bits per heavy atom. The third kappa shape index (κ3) is 8.09. The van der Waals surface area contributed by atoms with Crippen molar-refractivity contribution in [2.75, 3.05) is 0 Å². The third-order valence-corrected chi connectivity index (χ3v) is 1.64. The molecule has 0 aliphatic heterocycles. The lowest BCUT2D eigenvalue weighted by atomic mass is 10.2. The molecule has 0 amide bonds. The van der Waals surface area contributed by atoms with E-state index in [-0.39, 0.29) is 0 Å². The van der Waals surface area contributed by atoms with Crippen LogP contribution in [0.1, 0.15) is 46.5 Å². The Balaban J connectivity index is 0.000000180. The SMILES string of the molecule is CC(C)=S.CC1CCCC1. The normalized spacial score (nSPS) is 17.9. The quantitative estimate of drug-likeness (QED) is 0.485. The highest BCUT2D eigenvalue weighted by molar-refractivity contribution is 7.80. The fourth-order valence-corrected chi connectivity index (χ4v) is 1.13. The molecule has 0 spiro atoms. The van der Waals surface area contributed by atoms with Crippen molar-refractivity contribution in [3.8, 4) is 0 Å². The molecule has 0 N–H and O–H groups in total. The van der Waals surface area contributed by atoms with E-state index in [0.29, 0.717) is 0 Å². The Morgan fingerprint density at radius 3 is 1.60 bits per heavy atom. The highest BCUT2D eigenvalue weighted by atomic mass is 32.1. The molecule has 0 unspecified atom stereocenters. The van der Waals surface area contributed by atoms with Crippen LogP contribution in [-0.4, -0.2) is 4.86 Å². The van der Waals surface area contributed by atoms with Crippen molar-refractivity contribution in [1.29, 1.82) is 0 Å². The summed E-state index contributed by atoms with van der Waals surface area (Å²) >= 11 is 4.54. The molecular weight excluding hydrogens is 140 g/mol. The molecule has 1 aliphatic rings. The van der Waals surface area contributed by atoms with E-state index in [1.54, 1.807) is 0 Å². The summed E-state index contributed by atoms with van der Waals surface area (Å²) < 4.78 is 0. The van der Waals surface area contributed by atoms with Gasteiger partial charge >= 0.3 is 0 Å². The number of thiocarbonyl (C=S) groups is 1. The predicted octanol–water partition coefficient (Wildman–Crippen LogP) is 3.59. The highest BCUT2D eigenvalue weighted by Gasteiger charge is 2.07.